The van der Waals surface area contributed by atoms with E-state index in [1.807, 2.05) is 6.07 Å². The average molecular weight is 152 g/mol. The van der Waals surface area contributed by atoms with Crippen LogP contribution in [0.5, 0.6) is 0 Å². The molecule has 1 aliphatic rings. The van der Waals surface area contributed by atoms with Crippen molar-refractivity contribution in [2.45, 2.75) is 18.9 Å². The van der Waals surface area contributed by atoms with Crippen molar-refractivity contribution in [3.05, 3.63) is 17.9 Å². The van der Waals surface area contributed by atoms with Crippen molar-refractivity contribution < 1.29 is 4.42 Å². The van der Waals surface area contributed by atoms with Gasteiger partial charge in [-0.25, -0.2) is 0 Å². The third-order valence-corrected chi connectivity index (χ3v) is 2.05. The molecule has 0 radical (unpaired) electrons. The maximum absolute atomic E-state index is 5.45. The van der Waals surface area contributed by atoms with Gasteiger partial charge in [0.05, 0.1) is 6.04 Å². The molecule has 1 aromatic heterocycles. The highest BCUT2D eigenvalue weighted by atomic mass is 16.4. The smallest absolute Gasteiger partial charge is 0.190 e. The third kappa shape index (κ3) is 1.24. The van der Waals surface area contributed by atoms with Gasteiger partial charge < -0.3 is 15.5 Å². The van der Waals surface area contributed by atoms with Crippen LogP contribution >= 0.6 is 0 Å². The Kier molecular flexibility index (Phi) is 1.58. The highest BCUT2D eigenvalue weighted by Crippen LogP contribution is 2.25. The highest BCUT2D eigenvalue weighted by molar-refractivity contribution is 5.26. The first-order chi connectivity index (χ1) is 5.36. The Morgan fingerprint density at radius 2 is 2.45 bits per heavy atom. The van der Waals surface area contributed by atoms with Crippen LogP contribution in [0.25, 0.3) is 0 Å². The van der Waals surface area contributed by atoms with Gasteiger partial charge in [-0.05, 0) is 25.5 Å². The lowest BCUT2D eigenvalue weighted by atomic mass is 10.2. The first kappa shape index (κ1) is 6.73. The van der Waals surface area contributed by atoms with Crippen LogP contribution in [0, 0.1) is 0 Å². The average Bonchev–Trinajstić information content (AvgIpc) is 2.55. The van der Waals surface area contributed by atoms with E-state index in [2.05, 4.69) is 5.32 Å². The summed E-state index contributed by atoms with van der Waals surface area (Å²) in [7, 11) is 0. The van der Waals surface area contributed by atoms with Crippen molar-refractivity contribution in [1.29, 1.82) is 0 Å². The van der Waals surface area contributed by atoms with Gasteiger partial charge in [0.15, 0.2) is 5.88 Å². The number of furan rings is 1. The molecule has 1 aliphatic heterocycles. The van der Waals surface area contributed by atoms with Crippen molar-refractivity contribution in [3.63, 3.8) is 0 Å². The number of hydrogen-bond donors (Lipinski definition) is 2. The van der Waals surface area contributed by atoms with E-state index in [1.54, 1.807) is 6.07 Å². The predicted octanol–water partition coefficient (Wildman–Crippen LogP) is 1.29. The molecule has 0 bridgehead atoms. The Morgan fingerprint density at radius 1 is 1.55 bits per heavy atom. The summed E-state index contributed by atoms with van der Waals surface area (Å²) < 4.78 is 5.28. The SMILES string of the molecule is Nc1ccc([C@@H]2CCCN2)o1. The summed E-state index contributed by atoms with van der Waals surface area (Å²) in [5.41, 5.74) is 5.45. The van der Waals surface area contributed by atoms with Crippen LogP contribution in [0.3, 0.4) is 0 Å². The summed E-state index contributed by atoms with van der Waals surface area (Å²) in [5, 5.41) is 3.34. The quantitative estimate of drug-likeness (QED) is 0.637. The molecule has 0 amide bonds. The number of anilines is 1. The van der Waals surface area contributed by atoms with E-state index in [9.17, 15) is 0 Å². The van der Waals surface area contributed by atoms with Crippen LogP contribution in [0.4, 0.5) is 5.88 Å². The van der Waals surface area contributed by atoms with Gasteiger partial charge in [0, 0.05) is 6.07 Å². The van der Waals surface area contributed by atoms with E-state index >= 15 is 0 Å². The molecular weight excluding hydrogens is 140 g/mol. The molecule has 3 nitrogen and oxygen atoms in total. The van der Waals surface area contributed by atoms with E-state index in [0.29, 0.717) is 11.9 Å². The zero-order valence-corrected chi connectivity index (χ0v) is 6.34. The van der Waals surface area contributed by atoms with Gasteiger partial charge >= 0.3 is 0 Å². The molecule has 0 spiro atoms. The van der Waals surface area contributed by atoms with E-state index in [0.717, 1.165) is 18.7 Å². The molecule has 0 saturated carbocycles. The molecule has 1 aromatic rings. The summed E-state index contributed by atoms with van der Waals surface area (Å²) in [6.07, 6.45) is 2.39. The van der Waals surface area contributed by atoms with Crippen LogP contribution in [0.1, 0.15) is 24.6 Å². The van der Waals surface area contributed by atoms with Gasteiger partial charge in [0.25, 0.3) is 0 Å². The fraction of sp³-hybridized carbons (Fsp3) is 0.500. The van der Waals surface area contributed by atoms with Crippen LogP contribution in [0.15, 0.2) is 16.5 Å². The van der Waals surface area contributed by atoms with Gasteiger partial charge in [-0.3, -0.25) is 0 Å². The fourth-order valence-electron chi connectivity index (χ4n) is 1.48. The first-order valence-corrected chi connectivity index (χ1v) is 3.95. The zero-order chi connectivity index (χ0) is 7.68. The van der Waals surface area contributed by atoms with E-state index in [4.69, 9.17) is 10.2 Å². The topological polar surface area (TPSA) is 51.2 Å². The van der Waals surface area contributed by atoms with Crippen molar-refractivity contribution in [2.75, 3.05) is 12.3 Å². The molecule has 3 N–H and O–H groups in total. The Balaban J connectivity index is 2.15. The monoisotopic (exact) mass is 152 g/mol. The van der Waals surface area contributed by atoms with E-state index < -0.39 is 0 Å². The number of nitrogens with one attached hydrogen (secondary N) is 1. The largest absolute Gasteiger partial charge is 0.444 e. The third-order valence-electron chi connectivity index (χ3n) is 2.05. The molecule has 2 heterocycles. The second-order valence-electron chi connectivity index (χ2n) is 2.89. The highest BCUT2D eigenvalue weighted by Gasteiger charge is 2.18. The maximum Gasteiger partial charge on any atom is 0.190 e. The summed E-state index contributed by atoms with van der Waals surface area (Å²) in [5.74, 6) is 1.48. The zero-order valence-electron chi connectivity index (χ0n) is 6.34. The van der Waals surface area contributed by atoms with E-state index in [-0.39, 0.29) is 0 Å². The normalized spacial score (nSPS) is 24.2. The molecule has 1 saturated heterocycles. The van der Waals surface area contributed by atoms with Gasteiger partial charge in [0.2, 0.25) is 0 Å². The lowest BCUT2D eigenvalue weighted by molar-refractivity contribution is 0.457. The molecular formula is C8H12N2O. The standard InChI is InChI=1S/C8H12N2O/c9-8-4-3-7(11-8)6-2-1-5-10-6/h3-4,6,10H,1-2,5,9H2/t6-/m0/s1. The van der Waals surface area contributed by atoms with Crippen molar-refractivity contribution in [1.82, 2.24) is 5.32 Å². The summed E-state index contributed by atoms with van der Waals surface area (Å²) >= 11 is 0. The lowest BCUT2D eigenvalue weighted by Crippen LogP contribution is -2.11. The number of nitrogen functional groups attached to an aromatic ring is 1. The van der Waals surface area contributed by atoms with Crippen molar-refractivity contribution >= 4 is 5.88 Å². The summed E-state index contributed by atoms with van der Waals surface area (Å²) in [6.45, 7) is 1.09. The number of rotatable bonds is 1. The van der Waals surface area contributed by atoms with Crippen LogP contribution < -0.4 is 11.1 Å². The second-order valence-corrected chi connectivity index (χ2v) is 2.89. The summed E-state index contributed by atoms with van der Waals surface area (Å²) in [6, 6.07) is 4.14. The fourth-order valence-corrected chi connectivity index (χ4v) is 1.48. The minimum atomic E-state index is 0.396. The van der Waals surface area contributed by atoms with Crippen LogP contribution in [0.2, 0.25) is 0 Å². The molecule has 3 heteroatoms. The Hall–Kier alpha value is -0.960. The first-order valence-electron chi connectivity index (χ1n) is 3.95. The van der Waals surface area contributed by atoms with Gasteiger partial charge in [-0.1, -0.05) is 0 Å². The van der Waals surface area contributed by atoms with Gasteiger partial charge in [-0.2, -0.15) is 0 Å². The van der Waals surface area contributed by atoms with Gasteiger partial charge in [0.1, 0.15) is 5.76 Å². The van der Waals surface area contributed by atoms with Crippen LogP contribution in [-0.4, -0.2) is 6.54 Å². The predicted molar refractivity (Wildman–Crippen MR) is 43.1 cm³/mol. The Morgan fingerprint density at radius 3 is 3.00 bits per heavy atom. The minimum Gasteiger partial charge on any atom is -0.444 e. The molecule has 2 rings (SSSR count). The van der Waals surface area contributed by atoms with Crippen LogP contribution in [-0.2, 0) is 0 Å². The molecule has 0 unspecified atom stereocenters. The molecule has 1 atom stereocenters. The Labute approximate surface area is 65.6 Å². The summed E-state index contributed by atoms with van der Waals surface area (Å²) in [4.78, 5) is 0. The minimum absolute atomic E-state index is 0.396. The van der Waals surface area contributed by atoms with E-state index in [1.165, 1.54) is 6.42 Å². The lowest BCUT2D eigenvalue weighted by Gasteiger charge is -2.04. The number of nitrogens with two attached hydrogens (primary N) is 1. The maximum atomic E-state index is 5.45. The Bertz CT molecular complexity index is 238. The molecule has 0 aromatic carbocycles. The van der Waals surface area contributed by atoms with Crippen molar-refractivity contribution in [2.24, 2.45) is 0 Å². The molecule has 0 aliphatic carbocycles. The molecule has 11 heavy (non-hydrogen) atoms. The molecule has 60 valence electrons. The molecule has 1 fully saturated rings. The number of hydrogen-bond acceptors (Lipinski definition) is 3. The van der Waals surface area contributed by atoms with Crippen molar-refractivity contribution in [3.8, 4) is 0 Å². The second kappa shape index (κ2) is 2.58. The van der Waals surface area contributed by atoms with Gasteiger partial charge in [-0.15, -0.1) is 0 Å².